The van der Waals surface area contributed by atoms with Crippen molar-refractivity contribution in [3.8, 4) is 17.0 Å². The van der Waals surface area contributed by atoms with Crippen LogP contribution in [0.1, 0.15) is 0 Å². The number of aromatic nitrogens is 2. The van der Waals surface area contributed by atoms with E-state index in [9.17, 15) is 14.0 Å². The first-order chi connectivity index (χ1) is 15.1. The summed E-state index contributed by atoms with van der Waals surface area (Å²) in [7, 11) is 1.64. The Bertz CT molecular complexity index is 1140. The Morgan fingerprint density at radius 2 is 1.77 bits per heavy atom. The van der Waals surface area contributed by atoms with Gasteiger partial charge < -0.3 is 14.5 Å². The lowest BCUT2D eigenvalue weighted by molar-refractivity contribution is -0.132. The molecule has 31 heavy (non-hydrogen) atoms. The highest BCUT2D eigenvalue weighted by Gasteiger charge is 2.23. The normalized spacial score (nSPS) is 13.9. The molecule has 7 nitrogen and oxygen atoms in total. The molecule has 2 heterocycles. The van der Waals surface area contributed by atoms with Crippen molar-refractivity contribution in [1.82, 2.24) is 14.5 Å². The van der Waals surface area contributed by atoms with Gasteiger partial charge in [0.2, 0.25) is 5.91 Å². The fraction of sp³-hybridized carbons (Fsp3) is 0.261. The number of hydrogen-bond acceptors (Lipinski definition) is 5. The second kappa shape index (κ2) is 8.99. The number of para-hydroxylation sites is 2. The van der Waals surface area contributed by atoms with Crippen molar-refractivity contribution in [3.05, 3.63) is 77.1 Å². The summed E-state index contributed by atoms with van der Waals surface area (Å²) in [6, 6.07) is 15.2. The van der Waals surface area contributed by atoms with E-state index in [0.717, 1.165) is 11.4 Å². The number of hydrogen-bond donors (Lipinski definition) is 0. The van der Waals surface area contributed by atoms with E-state index in [1.165, 1.54) is 23.0 Å². The molecule has 8 heteroatoms. The van der Waals surface area contributed by atoms with Crippen LogP contribution in [0.25, 0.3) is 11.3 Å². The van der Waals surface area contributed by atoms with Gasteiger partial charge >= 0.3 is 0 Å². The zero-order valence-corrected chi connectivity index (χ0v) is 17.2. The number of halogens is 1. The molecule has 1 amide bonds. The molecule has 1 saturated heterocycles. The summed E-state index contributed by atoms with van der Waals surface area (Å²) in [6.45, 7) is 2.34. The third-order valence-electron chi connectivity index (χ3n) is 5.39. The Kier molecular flexibility index (Phi) is 5.97. The lowest BCUT2D eigenvalue weighted by Gasteiger charge is -2.36. The zero-order valence-electron chi connectivity index (χ0n) is 17.2. The molecular weight excluding hydrogens is 399 g/mol. The second-order valence-corrected chi connectivity index (χ2v) is 7.26. The topological polar surface area (TPSA) is 67.7 Å². The number of carbonyl (C=O) groups is 1. The van der Waals surface area contributed by atoms with Crippen LogP contribution in [-0.4, -0.2) is 53.6 Å². The van der Waals surface area contributed by atoms with Gasteiger partial charge in [0.15, 0.2) is 0 Å². The number of ether oxygens (including phenoxy) is 1. The quantitative estimate of drug-likeness (QED) is 0.632. The largest absolute Gasteiger partial charge is 0.495 e. The number of anilines is 1. The molecule has 0 unspecified atom stereocenters. The number of nitrogens with zero attached hydrogens (tertiary/aromatic N) is 4. The first-order valence-corrected chi connectivity index (χ1v) is 10.0. The fourth-order valence-electron chi connectivity index (χ4n) is 3.69. The Morgan fingerprint density at radius 3 is 2.48 bits per heavy atom. The van der Waals surface area contributed by atoms with Crippen LogP contribution in [0.4, 0.5) is 10.1 Å². The van der Waals surface area contributed by atoms with Crippen LogP contribution >= 0.6 is 0 Å². The molecule has 0 N–H and O–H groups in total. The number of carbonyl (C=O) groups excluding carboxylic acids is 1. The van der Waals surface area contributed by atoms with Gasteiger partial charge in [0.1, 0.15) is 18.1 Å². The van der Waals surface area contributed by atoms with Crippen LogP contribution in [0.2, 0.25) is 0 Å². The fourth-order valence-corrected chi connectivity index (χ4v) is 3.69. The van der Waals surface area contributed by atoms with E-state index in [-0.39, 0.29) is 23.7 Å². The number of amides is 1. The van der Waals surface area contributed by atoms with Crippen molar-refractivity contribution in [2.24, 2.45) is 0 Å². The van der Waals surface area contributed by atoms with Crippen molar-refractivity contribution in [2.75, 3.05) is 38.2 Å². The standard InChI is InChI=1S/C23H23FN4O3/c1-31-21-9-5-4-8-20(21)26-10-12-27(13-11-26)23(30)15-28-16-25-19(14-22(28)29)17-6-2-3-7-18(17)24/h2-9,14,16H,10-13,15H2,1H3. The molecule has 1 aromatic heterocycles. The monoisotopic (exact) mass is 422 g/mol. The van der Waals surface area contributed by atoms with Crippen molar-refractivity contribution in [2.45, 2.75) is 6.54 Å². The van der Waals surface area contributed by atoms with E-state index < -0.39 is 11.4 Å². The molecule has 0 spiro atoms. The summed E-state index contributed by atoms with van der Waals surface area (Å²) in [4.78, 5) is 33.3. The third kappa shape index (κ3) is 4.42. The molecule has 0 atom stereocenters. The summed E-state index contributed by atoms with van der Waals surface area (Å²) in [5.41, 5.74) is 1.11. The Balaban J connectivity index is 1.40. The number of methoxy groups -OCH3 is 1. The first-order valence-electron chi connectivity index (χ1n) is 10.0. The molecule has 0 radical (unpaired) electrons. The lowest BCUT2D eigenvalue weighted by atomic mass is 10.1. The summed E-state index contributed by atoms with van der Waals surface area (Å²) in [5.74, 6) is 0.202. The maximum absolute atomic E-state index is 13.9. The van der Waals surface area contributed by atoms with Gasteiger partial charge in [0, 0.05) is 37.8 Å². The highest BCUT2D eigenvalue weighted by Crippen LogP contribution is 2.28. The zero-order chi connectivity index (χ0) is 21.8. The Hall–Kier alpha value is -3.68. The summed E-state index contributed by atoms with van der Waals surface area (Å²) in [6.07, 6.45) is 1.30. The summed E-state index contributed by atoms with van der Waals surface area (Å²) >= 11 is 0. The SMILES string of the molecule is COc1ccccc1N1CCN(C(=O)Cn2cnc(-c3ccccc3F)cc2=O)CC1. The molecule has 160 valence electrons. The minimum absolute atomic E-state index is 0.0992. The maximum Gasteiger partial charge on any atom is 0.254 e. The van der Waals surface area contributed by atoms with Crippen LogP contribution in [0.3, 0.4) is 0 Å². The molecule has 4 rings (SSSR count). The predicted molar refractivity (Wildman–Crippen MR) is 116 cm³/mol. The number of piperazine rings is 1. The summed E-state index contributed by atoms with van der Waals surface area (Å²) < 4.78 is 20.6. The smallest absolute Gasteiger partial charge is 0.254 e. The second-order valence-electron chi connectivity index (χ2n) is 7.26. The van der Waals surface area contributed by atoms with Gasteiger partial charge in [0.05, 0.1) is 24.8 Å². The minimum atomic E-state index is -0.448. The molecule has 0 aliphatic carbocycles. The van der Waals surface area contributed by atoms with Gasteiger partial charge in [-0.05, 0) is 24.3 Å². The van der Waals surface area contributed by atoms with Gasteiger partial charge in [-0.15, -0.1) is 0 Å². The molecule has 0 bridgehead atoms. The Labute approximate surface area is 179 Å². The van der Waals surface area contributed by atoms with Crippen LogP contribution in [0.5, 0.6) is 5.75 Å². The molecule has 0 saturated carbocycles. The van der Waals surface area contributed by atoms with Gasteiger partial charge in [-0.25, -0.2) is 9.37 Å². The molecule has 1 fully saturated rings. The van der Waals surface area contributed by atoms with Crippen molar-refractivity contribution in [1.29, 1.82) is 0 Å². The van der Waals surface area contributed by atoms with E-state index >= 15 is 0 Å². The first kappa shape index (κ1) is 20.6. The van der Waals surface area contributed by atoms with Crippen molar-refractivity contribution >= 4 is 11.6 Å². The van der Waals surface area contributed by atoms with E-state index in [4.69, 9.17) is 4.74 Å². The molecule has 2 aromatic carbocycles. The van der Waals surface area contributed by atoms with Gasteiger partial charge in [-0.2, -0.15) is 0 Å². The highest BCUT2D eigenvalue weighted by atomic mass is 19.1. The number of rotatable bonds is 5. The molecule has 1 aliphatic rings. The maximum atomic E-state index is 13.9. The van der Waals surface area contributed by atoms with Gasteiger partial charge in [-0.1, -0.05) is 24.3 Å². The van der Waals surface area contributed by atoms with E-state index in [1.807, 2.05) is 24.3 Å². The van der Waals surface area contributed by atoms with Gasteiger partial charge in [-0.3, -0.25) is 14.2 Å². The molecule has 1 aliphatic heterocycles. The summed E-state index contributed by atoms with van der Waals surface area (Å²) in [5, 5.41) is 0. The van der Waals surface area contributed by atoms with Gasteiger partial charge in [0.25, 0.3) is 5.56 Å². The van der Waals surface area contributed by atoms with E-state index in [0.29, 0.717) is 26.2 Å². The van der Waals surface area contributed by atoms with Crippen LogP contribution < -0.4 is 15.2 Å². The Morgan fingerprint density at radius 1 is 1.06 bits per heavy atom. The average molecular weight is 422 g/mol. The molecular formula is C23H23FN4O3. The van der Waals surface area contributed by atoms with E-state index in [2.05, 4.69) is 9.88 Å². The van der Waals surface area contributed by atoms with Crippen LogP contribution in [0.15, 0.2) is 65.7 Å². The highest BCUT2D eigenvalue weighted by molar-refractivity contribution is 5.76. The lowest BCUT2D eigenvalue weighted by Crippen LogP contribution is -2.50. The molecule has 3 aromatic rings. The van der Waals surface area contributed by atoms with Crippen molar-refractivity contribution < 1.29 is 13.9 Å². The minimum Gasteiger partial charge on any atom is -0.495 e. The predicted octanol–water partition coefficient (Wildman–Crippen LogP) is 2.41. The van der Waals surface area contributed by atoms with E-state index in [1.54, 1.807) is 30.2 Å². The number of benzene rings is 2. The average Bonchev–Trinajstić information content (AvgIpc) is 2.81. The van der Waals surface area contributed by atoms with Crippen LogP contribution in [0, 0.1) is 5.82 Å². The van der Waals surface area contributed by atoms with Crippen LogP contribution in [-0.2, 0) is 11.3 Å². The third-order valence-corrected chi connectivity index (χ3v) is 5.39. The van der Waals surface area contributed by atoms with Crippen molar-refractivity contribution in [3.63, 3.8) is 0 Å².